The van der Waals surface area contributed by atoms with E-state index in [0.717, 1.165) is 17.1 Å². The Morgan fingerprint density at radius 3 is 1.05 bits per heavy atom. The third-order valence-corrected chi connectivity index (χ3v) is 16.0. The van der Waals surface area contributed by atoms with Crippen molar-refractivity contribution in [3.63, 3.8) is 0 Å². The average Bonchev–Trinajstić information content (AvgIpc) is 4.02. The van der Waals surface area contributed by atoms with Crippen LogP contribution in [0.1, 0.15) is 22.3 Å². The topological polar surface area (TPSA) is 3.24 Å². The number of hydrogen-bond acceptors (Lipinski definition) is 1. The average molecular weight is 992 g/mol. The van der Waals surface area contributed by atoms with E-state index in [2.05, 4.69) is 326 Å². The van der Waals surface area contributed by atoms with Gasteiger partial charge in [0.05, 0.1) is 5.41 Å². The molecule has 0 atom stereocenters. The fraction of sp³-hybridized carbons (Fsp3) is 0.0130. The van der Waals surface area contributed by atoms with Crippen LogP contribution < -0.4 is 4.90 Å². The van der Waals surface area contributed by atoms with Gasteiger partial charge in [0.2, 0.25) is 0 Å². The minimum Gasteiger partial charge on any atom is -0.311 e. The lowest BCUT2D eigenvalue weighted by atomic mass is 9.67. The second-order valence-electron chi connectivity index (χ2n) is 20.4. The molecule has 1 heteroatoms. The van der Waals surface area contributed by atoms with Gasteiger partial charge >= 0.3 is 0 Å². The Labute approximate surface area is 457 Å². The third-order valence-electron chi connectivity index (χ3n) is 16.0. The van der Waals surface area contributed by atoms with Crippen LogP contribution in [0.2, 0.25) is 0 Å². The molecule has 366 valence electrons. The molecule has 13 aromatic carbocycles. The van der Waals surface area contributed by atoms with Gasteiger partial charge in [-0.05, 0) is 166 Å². The molecule has 0 saturated carbocycles. The van der Waals surface area contributed by atoms with Crippen molar-refractivity contribution >= 4 is 27.8 Å². The Kier molecular flexibility index (Phi) is 11.8. The van der Waals surface area contributed by atoms with Gasteiger partial charge in [-0.1, -0.05) is 267 Å². The van der Waals surface area contributed by atoms with Crippen LogP contribution in [0, 0.1) is 0 Å². The van der Waals surface area contributed by atoms with Crippen LogP contribution in [0.4, 0.5) is 17.1 Å². The maximum atomic E-state index is 2.45. The summed E-state index contributed by atoms with van der Waals surface area (Å²) in [6.45, 7) is 0. The van der Waals surface area contributed by atoms with Crippen LogP contribution in [0.3, 0.4) is 0 Å². The predicted molar refractivity (Wildman–Crippen MR) is 329 cm³/mol. The van der Waals surface area contributed by atoms with Crippen molar-refractivity contribution in [1.82, 2.24) is 0 Å². The molecule has 13 aromatic rings. The lowest BCUT2D eigenvalue weighted by Gasteiger charge is -2.34. The molecule has 1 nitrogen and oxygen atoms in total. The fourth-order valence-corrected chi connectivity index (χ4v) is 12.1. The van der Waals surface area contributed by atoms with Gasteiger partial charge in [-0.3, -0.25) is 0 Å². The molecule has 14 rings (SSSR count). The van der Waals surface area contributed by atoms with Gasteiger partial charge in [-0.15, -0.1) is 0 Å². The minimum atomic E-state index is -0.462. The number of nitrogens with zero attached hydrogens (tertiary/aromatic N) is 1. The van der Waals surface area contributed by atoms with E-state index in [9.17, 15) is 0 Å². The summed E-state index contributed by atoms with van der Waals surface area (Å²) < 4.78 is 0. The fourth-order valence-electron chi connectivity index (χ4n) is 12.1. The standard InChI is InChI=1S/C77H53N/c1-4-15-54(16-5-1)56-27-29-57(30-28-56)59-37-44-70(45-38-59)78(71-46-39-60(40-47-71)58-31-33-61(34-32-58)64-19-14-20-65(51-64)66-36-35-55-17-10-11-18-63(55)52-66)72-48-41-62(42-49-72)67-43-50-74-73-25-12-13-26-75(73)77(76(74)53-67,68-21-6-2-7-22-68)69-23-8-3-9-24-69/h1-53H. The summed E-state index contributed by atoms with van der Waals surface area (Å²) in [5.41, 5.74) is 24.8. The highest BCUT2D eigenvalue weighted by molar-refractivity contribution is 5.90. The highest BCUT2D eigenvalue weighted by atomic mass is 15.1. The maximum absolute atomic E-state index is 2.45. The predicted octanol–water partition coefficient (Wildman–Crippen LogP) is 20.7. The van der Waals surface area contributed by atoms with E-state index in [4.69, 9.17) is 0 Å². The number of anilines is 3. The molecule has 1 aliphatic rings. The molecule has 1 aliphatic carbocycles. The van der Waals surface area contributed by atoms with Crippen LogP contribution >= 0.6 is 0 Å². The summed E-state index contributed by atoms with van der Waals surface area (Å²) >= 11 is 0. The smallest absolute Gasteiger partial charge is 0.0713 e. The van der Waals surface area contributed by atoms with Crippen LogP contribution in [0.25, 0.3) is 88.7 Å². The van der Waals surface area contributed by atoms with Crippen molar-refractivity contribution in [2.75, 3.05) is 4.90 Å². The zero-order valence-corrected chi connectivity index (χ0v) is 43.0. The van der Waals surface area contributed by atoms with E-state index in [1.807, 2.05) is 0 Å². The van der Waals surface area contributed by atoms with E-state index < -0.39 is 5.41 Å². The molecule has 0 spiro atoms. The van der Waals surface area contributed by atoms with Gasteiger partial charge in [0.25, 0.3) is 0 Å². The number of fused-ring (bicyclic) bond motifs is 4. The van der Waals surface area contributed by atoms with Crippen LogP contribution in [0.5, 0.6) is 0 Å². The van der Waals surface area contributed by atoms with Gasteiger partial charge in [0, 0.05) is 17.1 Å². The lowest BCUT2D eigenvalue weighted by molar-refractivity contribution is 0.769. The van der Waals surface area contributed by atoms with Crippen molar-refractivity contribution in [1.29, 1.82) is 0 Å². The summed E-state index contributed by atoms with van der Waals surface area (Å²) in [6, 6.07) is 118. The molecule has 78 heavy (non-hydrogen) atoms. The van der Waals surface area contributed by atoms with Crippen molar-refractivity contribution < 1.29 is 0 Å². The molecule has 0 saturated heterocycles. The second kappa shape index (κ2) is 19.9. The normalized spacial score (nSPS) is 12.2. The Morgan fingerprint density at radius 1 is 0.192 bits per heavy atom. The lowest BCUT2D eigenvalue weighted by Crippen LogP contribution is -2.28. The minimum absolute atomic E-state index is 0.462. The third kappa shape index (κ3) is 8.39. The number of benzene rings is 13. The van der Waals surface area contributed by atoms with E-state index in [1.54, 1.807) is 0 Å². The molecule has 0 amide bonds. The highest BCUT2D eigenvalue weighted by Gasteiger charge is 2.46. The first-order chi connectivity index (χ1) is 38.6. The Morgan fingerprint density at radius 2 is 0.526 bits per heavy atom. The Hall–Kier alpha value is -10.1. The zero-order valence-electron chi connectivity index (χ0n) is 43.0. The quantitative estimate of drug-likeness (QED) is 0.125. The van der Waals surface area contributed by atoms with Gasteiger partial charge in [0.15, 0.2) is 0 Å². The van der Waals surface area contributed by atoms with E-state index >= 15 is 0 Å². The Bertz CT molecular complexity index is 4200. The molecule has 0 bridgehead atoms. The number of rotatable bonds is 11. The summed E-state index contributed by atoms with van der Waals surface area (Å²) in [5.74, 6) is 0. The van der Waals surface area contributed by atoms with Crippen LogP contribution in [-0.4, -0.2) is 0 Å². The SMILES string of the molecule is c1ccc(-c2ccc(-c3ccc(N(c4ccc(-c5ccc(-c6cccc(-c7ccc8ccccc8c7)c6)cc5)cc4)c4ccc(-c5ccc6c(c5)C(c5ccccc5)(c5ccccc5)c5ccccc5-6)cc4)cc3)cc2)cc1. The molecule has 0 aromatic heterocycles. The van der Waals surface area contributed by atoms with Crippen molar-refractivity contribution in [2.45, 2.75) is 5.41 Å². The van der Waals surface area contributed by atoms with Gasteiger partial charge in [-0.25, -0.2) is 0 Å². The van der Waals surface area contributed by atoms with E-state index in [-0.39, 0.29) is 0 Å². The summed E-state index contributed by atoms with van der Waals surface area (Å²) in [7, 11) is 0. The molecule has 0 heterocycles. The van der Waals surface area contributed by atoms with E-state index in [1.165, 1.54) is 111 Å². The Balaban J connectivity index is 0.796. The number of hydrogen-bond donors (Lipinski definition) is 0. The molecular formula is C77H53N. The van der Waals surface area contributed by atoms with Gasteiger partial charge in [-0.2, -0.15) is 0 Å². The van der Waals surface area contributed by atoms with Crippen molar-refractivity contribution in [2.24, 2.45) is 0 Å². The summed E-state index contributed by atoms with van der Waals surface area (Å²) in [6.07, 6.45) is 0. The van der Waals surface area contributed by atoms with Crippen molar-refractivity contribution in [3.05, 3.63) is 344 Å². The molecule has 0 radical (unpaired) electrons. The summed E-state index contributed by atoms with van der Waals surface area (Å²) in [5, 5.41) is 2.51. The first-order valence-electron chi connectivity index (χ1n) is 27.0. The van der Waals surface area contributed by atoms with Gasteiger partial charge < -0.3 is 4.90 Å². The maximum Gasteiger partial charge on any atom is 0.0713 e. The molecule has 0 aliphatic heterocycles. The molecule has 0 fully saturated rings. The molecule has 0 N–H and O–H groups in total. The van der Waals surface area contributed by atoms with E-state index in [0.29, 0.717) is 0 Å². The monoisotopic (exact) mass is 991 g/mol. The first kappa shape index (κ1) is 46.5. The first-order valence-corrected chi connectivity index (χ1v) is 27.0. The van der Waals surface area contributed by atoms with Crippen molar-refractivity contribution in [3.8, 4) is 77.9 Å². The zero-order chi connectivity index (χ0) is 51.8. The summed E-state index contributed by atoms with van der Waals surface area (Å²) in [4.78, 5) is 2.37. The van der Waals surface area contributed by atoms with Crippen LogP contribution in [0.15, 0.2) is 322 Å². The van der Waals surface area contributed by atoms with Crippen LogP contribution in [-0.2, 0) is 5.41 Å². The highest BCUT2D eigenvalue weighted by Crippen LogP contribution is 2.57. The molecule has 0 unspecified atom stereocenters. The second-order valence-corrected chi connectivity index (χ2v) is 20.4. The van der Waals surface area contributed by atoms with Gasteiger partial charge in [0.1, 0.15) is 0 Å². The largest absolute Gasteiger partial charge is 0.311 e. The molecular weight excluding hydrogens is 939 g/mol.